The Hall–Kier alpha value is -2.47. The van der Waals surface area contributed by atoms with Crippen LogP contribution in [-0.2, 0) is 5.60 Å². The van der Waals surface area contributed by atoms with Gasteiger partial charge in [0.15, 0.2) is 0 Å². The quantitative estimate of drug-likeness (QED) is 0.792. The van der Waals surface area contributed by atoms with E-state index in [2.05, 4.69) is 10.6 Å². The van der Waals surface area contributed by atoms with Crippen LogP contribution in [0.3, 0.4) is 0 Å². The average Bonchev–Trinajstić information content (AvgIpc) is 3.00. The summed E-state index contributed by atoms with van der Waals surface area (Å²) in [6.45, 7) is 3.61. The number of aryl methyl sites for hydroxylation is 1. The van der Waals surface area contributed by atoms with Crippen molar-refractivity contribution < 1.29 is 14.3 Å². The van der Waals surface area contributed by atoms with Gasteiger partial charge in [-0.3, -0.25) is 0 Å². The van der Waals surface area contributed by atoms with E-state index in [0.29, 0.717) is 11.4 Å². The number of anilines is 2. The van der Waals surface area contributed by atoms with Gasteiger partial charge in [0.25, 0.3) is 0 Å². The lowest BCUT2D eigenvalue weighted by molar-refractivity contribution is 0.0372. The summed E-state index contributed by atoms with van der Waals surface area (Å²) in [6, 6.07) is 8.67. The molecule has 0 aliphatic heterocycles. The zero-order valence-corrected chi connectivity index (χ0v) is 13.9. The van der Waals surface area contributed by atoms with Crippen molar-refractivity contribution in [1.82, 2.24) is 5.32 Å². The van der Waals surface area contributed by atoms with E-state index in [4.69, 9.17) is 4.42 Å². The molecule has 0 bridgehead atoms. The van der Waals surface area contributed by atoms with Gasteiger partial charge in [-0.2, -0.15) is 0 Å². The summed E-state index contributed by atoms with van der Waals surface area (Å²) in [5.41, 5.74) is 1.60. The maximum absolute atomic E-state index is 12.0. The Morgan fingerprint density at radius 3 is 2.65 bits per heavy atom. The maximum atomic E-state index is 12.0. The fraction of sp³-hybridized carbons (Fsp3) is 0.353. The van der Waals surface area contributed by atoms with Crippen LogP contribution in [0.25, 0.3) is 0 Å². The first-order valence-corrected chi connectivity index (χ1v) is 7.39. The molecular weight excluding hydrogens is 294 g/mol. The Bertz CT molecular complexity index is 664. The second-order valence-electron chi connectivity index (χ2n) is 5.95. The number of aliphatic hydroxyl groups is 1. The molecule has 0 spiro atoms. The van der Waals surface area contributed by atoms with Crippen LogP contribution in [0.15, 0.2) is 41.0 Å². The molecule has 1 unspecified atom stereocenters. The summed E-state index contributed by atoms with van der Waals surface area (Å²) in [4.78, 5) is 14.0. The zero-order valence-electron chi connectivity index (χ0n) is 13.9. The van der Waals surface area contributed by atoms with E-state index in [9.17, 15) is 9.90 Å². The number of amides is 2. The minimum absolute atomic E-state index is 0.0428. The van der Waals surface area contributed by atoms with Crippen molar-refractivity contribution in [3.05, 3.63) is 47.9 Å². The van der Waals surface area contributed by atoms with Crippen molar-refractivity contribution in [2.75, 3.05) is 30.9 Å². The number of hydrogen-bond acceptors (Lipinski definition) is 4. The van der Waals surface area contributed by atoms with Gasteiger partial charge in [-0.1, -0.05) is 0 Å². The predicted molar refractivity (Wildman–Crippen MR) is 90.8 cm³/mol. The summed E-state index contributed by atoms with van der Waals surface area (Å²) in [6.07, 6.45) is 1.49. The highest BCUT2D eigenvalue weighted by atomic mass is 16.4. The molecule has 1 aromatic heterocycles. The number of carbonyl (C=O) groups is 1. The third-order valence-corrected chi connectivity index (χ3v) is 3.58. The standard InChI is InChI=1S/C17H23N3O3/c1-12-10-13(7-8-14(12)20(3)4)19-16(21)18-11-17(2,22)15-6-5-9-23-15/h5-10,22H,11H2,1-4H3,(H2,18,19,21). The van der Waals surface area contributed by atoms with Crippen LogP contribution in [-0.4, -0.2) is 31.8 Å². The lowest BCUT2D eigenvalue weighted by atomic mass is 10.0. The molecule has 0 aliphatic carbocycles. The number of nitrogens with one attached hydrogen (secondary N) is 2. The summed E-state index contributed by atoms with van der Waals surface area (Å²) >= 11 is 0. The molecule has 1 heterocycles. The monoisotopic (exact) mass is 317 g/mol. The maximum Gasteiger partial charge on any atom is 0.319 e. The number of rotatable bonds is 5. The molecule has 0 fully saturated rings. The Kier molecular flexibility index (Phi) is 4.95. The molecule has 2 aromatic rings. The molecule has 0 radical (unpaired) electrons. The molecule has 1 atom stereocenters. The Balaban J connectivity index is 1.94. The smallest absolute Gasteiger partial charge is 0.319 e. The molecule has 0 aliphatic rings. The first kappa shape index (κ1) is 16.9. The van der Waals surface area contributed by atoms with E-state index < -0.39 is 5.60 Å². The minimum Gasteiger partial charge on any atom is -0.466 e. The van der Waals surface area contributed by atoms with Crippen LogP contribution >= 0.6 is 0 Å². The second kappa shape index (κ2) is 6.75. The van der Waals surface area contributed by atoms with E-state index in [1.54, 1.807) is 19.1 Å². The van der Waals surface area contributed by atoms with Crippen molar-refractivity contribution in [2.45, 2.75) is 19.4 Å². The summed E-state index contributed by atoms with van der Waals surface area (Å²) in [7, 11) is 3.94. The van der Waals surface area contributed by atoms with Crippen LogP contribution in [0.1, 0.15) is 18.2 Å². The van der Waals surface area contributed by atoms with Crippen molar-refractivity contribution in [1.29, 1.82) is 0 Å². The normalized spacial score (nSPS) is 13.3. The highest BCUT2D eigenvalue weighted by Gasteiger charge is 2.26. The van der Waals surface area contributed by atoms with Crippen molar-refractivity contribution in [3.63, 3.8) is 0 Å². The van der Waals surface area contributed by atoms with Crippen molar-refractivity contribution >= 4 is 17.4 Å². The van der Waals surface area contributed by atoms with Crippen molar-refractivity contribution in [3.8, 4) is 0 Å². The fourth-order valence-corrected chi connectivity index (χ4v) is 2.33. The number of nitrogens with zero attached hydrogens (tertiary/aromatic N) is 1. The number of urea groups is 1. The van der Waals surface area contributed by atoms with Gasteiger partial charge in [0, 0.05) is 25.5 Å². The third-order valence-electron chi connectivity index (χ3n) is 3.58. The van der Waals surface area contributed by atoms with E-state index in [-0.39, 0.29) is 12.6 Å². The zero-order chi connectivity index (χ0) is 17.0. The lowest BCUT2D eigenvalue weighted by Gasteiger charge is -2.21. The van der Waals surface area contributed by atoms with E-state index in [1.165, 1.54) is 6.26 Å². The molecule has 2 amide bonds. The highest BCUT2D eigenvalue weighted by molar-refractivity contribution is 5.89. The second-order valence-corrected chi connectivity index (χ2v) is 5.95. The first-order chi connectivity index (χ1) is 10.8. The predicted octanol–water partition coefficient (Wildman–Crippen LogP) is 2.68. The highest BCUT2D eigenvalue weighted by Crippen LogP contribution is 2.22. The summed E-state index contributed by atoms with van der Waals surface area (Å²) in [5.74, 6) is 0.406. The van der Waals surface area contributed by atoms with Gasteiger partial charge in [-0.25, -0.2) is 4.79 Å². The van der Waals surface area contributed by atoms with Gasteiger partial charge in [-0.15, -0.1) is 0 Å². The largest absolute Gasteiger partial charge is 0.466 e. The SMILES string of the molecule is Cc1cc(NC(=O)NCC(C)(O)c2ccco2)ccc1N(C)C. The molecule has 23 heavy (non-hydrogen) atoms. The van der Waals surface area contributed by atoms with Gasteiger partial charge in [0.2, 0.25) is 0 Å². The topological polar surface area (TPSA) is 77.7 Å². The first-order valence-electron chi connectivity index (χ1n) is 7.39. The van der Waals surface area contributed by atoms with Crippen molar-refractivity contribution in [2.24, 2.45) is 0 Å². The van der Waals surface area contributed by atoms with Crippen LogP contribution in [0.2, 0.25) is 0 Å². The van der Waals surface area contributed by atoms with E-state index in [1.807, 2.05) is 44.1 Å². The van der Waals surface area contributed by atoms with Crippen LogP contribution in [0, 0.1) is 6.92 Å². The number of hydrogen-bond donors (Lipinski definition) is 3. The Morgan fingerprint density at radius 1 is 1.35 bits per heavy atom. The van der Waals surface area contributed by atoms with Gasteiger partial charge >= 0.3 is 6.03 Å². The summed E-state index contributed by atoms with van der Waals surface area (Å²) < 4.78 is 5.17. The third kappa shape index (κ3) is 4.26. The number of benzene rings is 1. The van der Waals surface area contributed by atoms with Crippen LogP contribution in [0.4, 0.5) is 16.2 Å². The Morgan fingerprint density at radius 2 is 2.09 bits per heavy atom. The van der Waals surface area contributed by atoms with Crippen LogP contribution < -0.4 is 15.5 Å². The molecule has 2 rings (SSSR count). The molecule has 6 nitrogen and oxygen atoms in total. The van der Waals surface area contributed by atoms with E-state index >= 15 is 0 Å². The molecule has 124 valence electrons. The van der Waals surface area contributed by atoms with Gasteiger partial charge < -0.3 is 25.1 Å². The van der Waals surface area contributed by atoms with Crippen LogP contribution in [0.5, 0.6) is 0 Å². The minimum atomic E-state index is -1.26. The molecule has 1 aromatic carbocycles. The number of carbonyl (C=O) groups excluding carboxylic acids is 1. The Labute approximate surface area is 136 Å². The van der Waals surface area contributed by atoms with E-state index in [0.717, 1.165) is 11.3 Å². The molecule has 6 heteroatoms. The van der Waals surface area contributed by atoms with Gasteiger partial charge in [0.1, 0.15) is 11.4 Å². The lowest BCUT2D eigenvalue weighted by Crippen LogP contribution is -2.40. The van der Waals surface area contributed by atoms with Gasteiger partial charge in [0.05, 0.1) is 12.8 Å². The molecule has 0 saturated heterocycles. The fourth-order valence-electron chi connectivity index (χ4n) is 2.33. The summed E-state index contributed by atoms with van der Waals surface area (Å²) in [5, 5.41) is 15.7. The van der Waals surface area contributed by atoms with Gasteiger partial charge in [-0.05, 0) is 49.7 Å². The molecule has 3 N–H and O–H groups in total. The molecular formula is C17H23N3O3. The number of furan rings is 1. The molecule has 0 saturated carbocycles. The average molecular weight is 317 g/mol.